The molecule has 0 saturated carbocycles. The number of hydrogen-bond acceptors (Lipinski definition) is 5. The standard InChI is InChI=1S/C19H21N3O4/c1-12-5-6-15(9-13(12)2)21-18(23)19(24)22-20-11-14-10-16(25-3)7-8-17(14)26-4/h5-11H,1-4H3,(H,21,23)(H,22,24). The maximum atomic E-state index is 11.9. The van der Waals surface area contributed by atoms with E-state index in [9.17, 15) is 9.59 Å². The van der Waals surface area contributed by atoms with Gasteiger partial charge in [-0.2, -0.15) is 5.10 Å². The van der Waals surface area contributed by atoms with Gasteiger partial charge in [0, 0.05) is 11.3 Å². The fourth-order valence-corrected chi connectivity index (χ4v) is 2.16. The van der Waals surface area contributed by atoms with Crippen molar-refractivity contribution in [3.8, 4) is 11.5 Å². The van der Waals surface area contributed by atoms with Crippen molar-refractivity contribution in [1.29, 1.82) is 0 Å². The minimum absolute atomic E-state index is 0.548. The van der Waals surface area contributed by atoms with Crippen LogP contribution in [0.15, 0.2) is 41.5 Å². The predicted molar refractivity (Wildman–Crippen MR) is 99.8 cm³/mol. The van der Waals surface area contributed by atoms with Crippen LogP contribution in [0, 0.1) is 13.8 Å². The lowest BCUT2D eigenvalue weighted by atomic mass is 10.1. The summed E-state index contributed by atoms with van der Waals surface area (Å²) in [5.74, 6) is -0.501. The highest BCUT2D eigenvalue weighted by atomic mass is 16.5. The maximum absolute atomic E-state index is 11.9. The Labute approximate surface area is 152 Å². The molecule has 2 aromatic rings. The van der Waals surface area contributed by atoms with Gasteiger partial charge < -0.3 is 14.8 Å². The molecular formula is C19H21N3O4. The van der Waals surface area contributed by atoms with E-state index in [1.807, 2.05) is 19.9 Å². The average Bonchev–Trinajstić information content (AvgIpc) is 2.64. The molecule has 2 aromatic carbocycles. The van der Waals surface area contributed by atoms with Crippen LogP contribution in [0.4, 0.5) is 5.69 Å². The van der Waals surface area contributed by atoms with Crippen LogP contribution >= 0.6 is 0 Å². The minimum atomic E-state index is -0.874. The van der Waals surface area contributed by atoms with Crippen LogP contribution in [0.2, 0.25) is 0 Å². The van der Waals surface area contributed by atoms with Crippen molar-refractivity contribution in [2.24, 2.45) is 5.10 Å². The third kappa shape index (κ3) is 4.83. The molecule has 0 unspecified atom stereocenters. The molecule has 0 atom stereocenters. The van der Waals surface area contributed by atoms with E-state index in [2.05, 4.69) is 15.8 Å². The van der Waals surface area contributed by atoms with Gasteiger partial charge in [-0.25, -0.2) is 5.43 Å². The summed E-state index contributed by atoms with van der Waals surface area (Å²) >= 11 is 0. The summed E-state index contributed by atoms with van der Waals surface area (Å²) in [4.78, 5) is 23.8. The van der Waals surface area contributed by atoms with Crippen LogP contribution < -0.4 is 20.2 Å². The van der Waals surface area contributed by atoms with Crippen molar-refractivity contribution < 1.29 is 19.1 Å². The Morgan fingerprint density at radius 3 is 2.38 bits per heavy atom. The molecule has 0 fully saturated rings. The predicted octanol–water partition coefficient (Wildman–Crippen LogP) is 2.41. The fraction of sp³-hybridized carbons (Fsp3) is 0.211. The first-order valence-electron chi connectivity index (χ1n) is 7.88. The molecule has 7 heteroatoms. The third-order valence-corrected chi connectivity index (χ3v) is 3.78. The number of hydrogen-bond donors (Lipinski definition) is 2. The summed E-state index contributed by atoms with van der Waals surface area (Å²) < 4.78 is 10.3. The monoisotopic (exact) mass is 355 g/mol. The normalized spacial score (nSPS) is 10.5. The van der Waals surface area contributed by atoms with Gasteiger partial charge in [-0.3, -0.25) is 9.59 Å². The number of nitrogens with zero attached hydrogens (tertiary/aromatic N) is 1. The van der Waals surface area contributed by atoms with E-state index in [0.717, 1.165) is 11.1 Å². The molecule has 7 nitrogen and oxygen atoms in total. The zero-order valence-corrected chi connectivity index (χ0v) is 15.1. The largest absolute Gasteiger partial charge is 0.497 e. The second-order valence-electron chi connectivity index (χ2n) is 5.56. The van der Waals surface area contributed by atoms with Gasteiger partial charge in [0.1, 0.15) is 11.5 Å². The number of carbonyl (C=O) groups excluding carboxylic acids is 2. The van der Waals surface area contributed by atoms with Crippen molar-refractivity contribution in [3.05, 3.63) is 53.1 Å². The van der Waals surface area contributed by atoms with Crippen LogP contribution in [-0.2, 0) is 9.59 Å². The molecule has 0 aliphatic carbocycles. The van der Waals surface area contributed by atoms with Gasteiger partial charge in [-0.15, -0.1) is 0 Å². The van der Waals surface area contributed by atoms with E-state index in [4.69, 9.17) is 9.47 Å². The molecule has 136 valence electrons. The fourth-order valence-electron chi connectivity index (χ4n) is 2.16. The first-order valence-corrected chi connectivity index (χ1v) is 7.88. The second-order valence-corrected chi connectivity index (χ2v) is 5.56. The molecule has 2 rings (SSSR count). The quantitative estimate of drug-likeness (QED) is 0.490. The Bertz CT molecular complexity index is 847. The van der Waals surface area contributed by atoms with E-state index in [0.29, 0.717) is 22.7 Å². The minimum Gasteiger partial charge on any atom is -0.497 e. The van der Waals surface area contributed by atoms with Crippen LogP contribution in [0.5, 0.6) is 11.5 Å². The summed E-state index contributed by atoms with van der Waals surface area (Å²) in [6.07, 6.45) is 1.38. The third-order valence-electron chi connectivity index (χ3n) is 3.78. The van der Waals surface area contributed by atoms with Gasteiger partial charge >= 0.3 is 11.8 Å². The van der Waals surface area contributed by atoms with Crippen molar-refractivity contribution in [1.82, 2.24) is 5.43 Å². The molecule has 0 radical (unpaired) electrons. The number of amides is 2. The van der Waals surface area contributed by atoms with Gasteiger partial charge in [-0.1, -0.05) is 6.07 Å². The number of rotatable bonds is 5. The zero-order valence-electron chi connectivity index (χ0n) is 15.1. The SMILES string of the molecule is COc1ccc(OC)c(C=NNC(=O)C(=O)Nc2ccc(C)c(C)c2)c1. The molecule has 26 heavy (non-hydrogen) atoms. The summed E-state index contributed by atoms with van der Waals surface area (Å²) in [5, 5.41) is 6.33. The zero-order chi connectivity index (χ0) is 19.1. The number of hydrazone groups is 1. The number of aryl methyl sites for hydroxylation is 2. The Morgan fingerprint density at radius 1 is 0.962 bits per heavy atom. The van der Waals surface area contributed by atoms with E-state index in [1.54, 1.807) is 37.4 Å². The van der Waals surface area contributed by atoms with E-state index in [-0.39, 0.29) is 0 Å². The van der Waals surface area contributed by atoms with E-state index < -0.39 is 11.8 Å². The Hall–Kier alpha value is -3.35. The van der Waals surface area contributed by atoms with E-state index >= 15 is 0 Å². The molecule has 0 aliphatic heterocycles. The molecule has 0 saturated heterocycles. The van der Waals surface area contributed by atoms with Crippen LogP contribution in [-0.4, -0.2) is 32.2 Å². The molecule has 2 N–H and O–H groups in total. The summed E-state index contributed by atoms with van der Waals surface area (Å²) in [6.45, 7) is 3.89. The van der Waals surface area contributed by atoms with Crippen LogP contribution in [0.1, 0.15) is 16.7 Å². The average molecular weight is 355 g/mol. The topological polar surface area (TPSA) is 89.0 Å². The van der Waals surface area contributed by atoms with Gasteiger partial charge in [-0.05, 0) is 55.3 Å². The molecule has 0 aliphatic rings. The lowest BCUT2D eigenvalue weighted by Gasteiger charge is -2.07. The number of nitrogens with one attached hydrogen (secondary N) is 2. The highest BCUT2D eigenvalue weighted by molar-refractivity contribution is 6.39. The summed E-state index contributed by atoms with van der Waals surface area (Å²) in [5.41, 5.74) is 5.46. The molecular weight excluding hydrogens is 334 g/mol. The Morgan fingerprint density at radius 2 is 1.73 bits per heavy atom. The number of ether oxygens (including phenoxy) is 2. The van der Waals surface area contributed by atoms with Crippen molar-refractivity contribution >= 4 is 23.7 Å². The highest BCUT2D eigenvalue weighted by Crippen LogP contribution is 2.22. The molecule has 0 spiro atoms. The number of methoxy groups -OCH3 is 2. The maximum Gasteiger partial charge on any atom is 0.329 e. The van der Waals surface area contributed by atoms with Gasteiger partial charge in [0.05, 0.1) is 20.4 Å². The smallest absolute Gasteiger partial charge is 0.329 e. The first-order chi connectivity index (χ1) is 12.4. The lowest BCUT2D eigenvalue weighted by molar-refractivity contribution is -0.136. The Balaban J connectivity index is 2.00. The first kappa shape index (κ1) is 19.0. The Kier molecular flexibility index (Phi) is 6.32. The highest BCUT2D eigenvalue weighted by Gasteiger charge is 2.13. The van der Waals surface area contributed by atoms with Crippen LogP contribution in [0.25, 0.3) is 0 Å². The molecule has 0 bridgehead atoms. The molecule has 0 heterocycles. The molecule has 2 amide bonds. The summed E-state index contributed by atoms with van der Waals surface area (Å²) in [6, 6.07) is 10.6. The number of benzene rings is 2. The molecule has 0 aromatic heterocycles. The number of carbonyl (C=O) groups is 2. The second kappa shape index (κ2) is 8.66. The van der Waals surface area contributed by atoms with Crippen molar-refractivity contribution in [3.63, 3.8) is 0 Å². The van der Waals surface area contributed by atoms with E-state index in [1.165, 1.54) is 13.3 Å². The van der Waals surface area contributed by atoms with Gasteiger partial charge in [0.2, 0.25) is 0 Å². The number of anilines is 1. The van der Waals surface area contributed by atoms with Crippen molar-refractivity contribution in [2.45, 2.75) is 13.8 Å². The van der Waals surface area contributed by atoms with Gasteiger partial charge in [0.15, 0.2) is 0 Å². The lowest BCUT2D eigenvalue weighted by Crippen LogP contribution is -2.32. The van der Waals surface area contributed by atoms with Crippen molar-refractivity contribution in [2.75, 3.05) is 19.5 Å². The van der Waals surface area contributed by atoms with Crippen LogP contribution in [0.3, 0.4) is 0 Å². The van der Waals surface area contributed by atoms with Gasteiger partial charge in [0.25, 0.3) is 0 Å². The summed E-state index contributed by atoms with van der Waals surface area (Å²) in [7, 11) is 3.07.